The fraction of sp³-hybridized carbons (Fsp3) is 0.462. The molecule has 5 N–H and O–H groups in total. The maximum absolute atomic E-state index is 11.2. The van der Waals surface area contributed by atoms with Gasteiger partial charge in [-0.25, -0.2) is 0 Å². The smallest absolute Gasteiger partial charge is 0.253 e. The molecule has 12 heteroatoms. The van der Waals surface area contributed by atoms with Gasteiger partial charge in [0.05, 0.1) is 26.2 Å². The Hall–Kier alpha value is -3.90. The van der Waals surface area contributed by atoms with Crippen LogP contribution in [-0.4, -0.2) is 92.2 Å². The van der Waals surface area contributed by atoms with E-state index in [-0.39, 0.29) is 62.3 Å². The van der Waals surface area contributed by atoms with Gasteiger partial charge < -0.3 is 31.2 Å². The summed E-state index contributed by atoms with van der Waals surface area (Å²) in [6.07, 6.45) is 5.62. The lowest BCUT2D eigenvalue weighted by molar-refractivity contribution is -0.137. The molecule has 0 radical (unpaired) electrons. The van der Waals surface area contributed by atoms with Crippen molar-refractivity contribution in [2.75, 3.05) is 46.4 Å². The molecule has 0 bridgehead atoms. The highest BCUT2D eigenvalue weighted by molar-refractivity contribution is 6.12. The zero-order valence-electron chi connectivity index (χ0n) is 22.0. The van der Waals surface area contributed by atoms with Gasteiger partial charge in [-0.3, -0.25) is 28.9 Å². The Kier molecular flexibility index (Phi) is 20.0. The Morgan fingerprint density at radius 3 is 2.03 bits per heavy atom. The molecule has 0 saturated heterocycles. The largest absolute Gasteiger partial charge is 0.395 e. The average molecular weight is 534 g/mol. The van der Waals surface area contributed by atoms with Crippen molar-refractivity contribution in [1.82, 2.24) is 26.2 Å². The van der Waals surface area contributed by atoms with Crippen LogP contribution in [-0.2, 0) is 28.8 Å². The number of aryl methyl sites for hydroxylation is 1. The van der Waals surface area contributed by atoms with E-state index in [1.54, 1.807) is 7.05 Å². The number of amides is 5. The number of carbonyl (C=O) groups excluding carboxylic acids is 6. The molecule has 0 atom stereocenters. The molecule has 1 aliphatic heterocycles. The first-order valence-electron chi connectivity index (χ1n) is 12.3. The minimum absolute atomic E-state index is 0.0429. The summed E-state index contributed by atoms with van der Waals surface area (Å²) in [7, 11) is 1.64. The molecule has 1 aromatic carbocycles. The molecular formula is C26H39N5O7. The van der Waals surface area contributed by atoms with E-state index in [0.29, 0.717) is 32.1 Å². The molecule has 210 valence electrons. The quantitative estimate of drug-likeness (QED) is 0.118. The Bertz CT molecular complexity index is 889. The summed E-state index contributed by atoms with van der Waals surface area (Å²) >= 11 is 0. The number of hydrogen-bond acceptors (Lipinski definition) is 8. The number of hydrogen-bond donors (Lipinski definition) is 5. The first-order valence-corrected chi connectivity index (χ1v) is 12.3. The van der Waals surface area contributed by atoms with E-state index >= 15 is 0 Å². The first-order chi connectivity index (χ1) is 18.2. The van der Waals surface area contributed by atoms with Gasteiger partial charge in [0.2, 0.25) is 17.7 Å². The van der Waals surface area contributed by atoms with E-state index in [4.69, 9.17) is 5.11 Å². The number of aldehydes is 1. The van der Waals surface area contributed by atoms with Crippen LogP contribution in [0.25, 0.3) is 0 Å². The van der Waals surface area contributed by atoms with Crippen molar-refractivity contribution in [2.24, 2.45) is 0 Å². The molecule has 0 saturated carbocycles. The average Bonchev–Trinajstić information content (AvgIpc) is 3.23. The summed E-state index contributed by atoms with van der Waals surface area (Å²) in [5.41, 5.74) is 1.32. The summed E-state index contributed by atoms with van der Waals surface area (Å²) in [5, 5.41) is 18.3. The van der Waals surface area contributed by atoms with Gasteiger partial charge in [0.1, 0.15) is 6.29 Å². The van der Waals surface area contributed by atoms with Crippen LogP contribution >= 0.6 is 0 Å². The van der Waals surface area contributed by atoms with E-state index in [9.17, 15) is 28.8 Å². The molecule has 2 rings (SSSR count). The number of carbonyl (C=O) groups is 6. The second kappa shape index (κ2) is 22.3. The lowest BCUT2D eigenvalue weighted by Gasteiger charge is -2.12. The van der Waals surface area contributed by atoms with Gasteiger partial charge in [0.25, 0.3) is 11.8 Å². The number of rotatable bonds is 14. The van der Waals surface area contributed by atoms with Crippen molar-refractivity contribution >= 4 is 35.8 Å². The molecule has 12 nitrogen and oxygen atoms in total. The van der Waals surface area contributed by atoms with Crippen molar-refractivity contribution < 1.29 is 33.9 Å². The van der Waals surface area contributed by atoms with Crippen LogP contribution < -0.4 is 21.3 Å². The van der Waals surface area contributed by atoms with Crippen molar-refractivity contribution in [3.05, 3.63) is 48.0 Å². The van der Waals surface area contributed by atoms with Crippen LogP contribution in [0.1, 0.15) is 31.2 Å². The van der Waals surface area contributed by atoms with Crippen molar-refractivity contribution in [1.29, 1.82) is 0 Å². The zero-order valence-corrected chi connectivity index (χ0v) is 22.0. The minimum atomic E-state index is -0.307. The van der Waals surface area contributed by atoms with Crippen LogP contribution in [0.4, 0.5) is 0 Å². The van der Waals surface area contributed by atoms with Gasteiger partial charge in [-0.15, -0.1) is 0 Å². The second-order valence-electron chi connectivity index (χ2n) is 7.98. The summed E-state index contributed by atoms with van der Waals surface area (Å²) in [6, 6.07) is 10.3. The standard InChI is InChI=1S/C12H16N2O4.C7H15N3O3.C7H8/c15-9-7-13-10(16)4-2-1-3-8-14-11(17)5-6-12(14)18;1-8-4-6(12)10-5-7(13)9-2-3-11;1-7-5-3-2-4-6-7/h5-6,9H,1-4,7-8H2,(H,13,16);8,11H,2-5H2,1H3,(H,9,13)(H,10,12);2-6H,1H3. The van der Waals surface area contributed by atoms with Gasteiger partial charge >= 0.3 is 0 Å². The fourth-order valence-electron chi connectivity index (χ4n) is 2.82. The van der Waals surface area contributed by atoms with Gasteiger partial charge in [-0.05, 0) is 26.8 Å². The summed E-state index contributed by atoms with van der Waals surface area (Å²) < 4.78 is 0. The Labute approximate surface area is 223 Å². The van der Waals surface area contributed by atoms with Gasteiger partial charge in [0.15, 0.2) is 0 Å². The van der Waals surface area contributed by atoms with Crippen molar-refractivity contribution in [3.63, 3.8) is 0 Å². The summed E-state index contributed by atoms with van der Waals surface area (Å²) in [4.78, 5) is 66.4. The Morgan fingerprint density at radius 2 is 1.50 bits per heavy atom. The lowest BCUT2D eigenvalue weighted by atomic mass is 10.2. The number of nitrogens with one attached hydrogen (secondary N) is 4. The van der Waals surface area contributed by atoms with E-state index in [0.717, 1.165) is 6.42 Å². The third kappa shape index (κ3) is 18.4. The molecule has 0 spiro atoms. The number of nitrogens with zero attached hydrogens (tertiary/aromatic N) is 1. The van der Waals surface area contributed by atoms with Gasteiger partial charge in [-0.1, -0.05) is 42.3 Å². The highest BCUT2D eigenvalue weighted by Gasteiger charge is 2.22. The highest BCUT2D eigenvalue weighted by atomic mass is 16.3. The molecule has 1 heterocycles. The minimum Gasteiger partial charge on any atom is -0.395 e. The number of aliphatic hydroxyl groups excluding tert-OH is 1. The van der Waals surface area contributed by atoms with Crippen LogP contribution in [0.15, 0.2) is 42.5 Å². The number of aliphatic hydroxyl groups is 1. The maximum atomic E-state index is 11.2. The van der Waals surface area contributed by atoms with Crippen LogP contribution in [0, 0.1) is 6.92 Å². The Balaban J connectivity index is 0.000000594. The van der Waals surface area contributed by atoms with E-state index < -0.39 is 0 Å². The van der Waals surface area contributed by atoms with Crippen LogP contribution in [0.3, 0.4) is 0 Å². The van der Waals surface area contributed by atoms with E-state index in [1.165, 1.54) is 22.6 Å². The van der Waals surface area contributed by atoms with Crippen LogP contribution in [0.5, 0.6) is 0 Å². The van der Waals surface area contributed by atoms with E-state index in [2.05, 4.69) is 40.3 Å². The molecule has 38 heavy (non-hydrogen) atoms. The topological polar surface area (TPSA) is 174 Å². The summed E-state index contributed by atoms with van der Waals surface area (Å²) in [5.74, 6) is -1.25. The highest BCUT2D eigenvalue weighted by Crippen LogP contribution is 2.07. The predicted molar refractivity (Wildman–Crippen MR) is 142 cm³/mol. The second-order valence-corrected chi connectivity index (χ2v) is 7.98. The van der Waals surface area contributed by atoms with E-state index in [1.807, 2.05) is 18.2 Å². The molecular weight excluding hydrogens is 494 g/mol. The molecule has 0 aliphatic carbocycles. The summed E-state index contributed by atoms with van der Waals surface area (Å²) in [6.45, 7) is 2.76. The number of unbranched alkanes of at least 4 members (excludes halogenated alkanes) is 2. The maximum Gasteiger partial charge on any atom is 0.253 e. The molecule has 1 aliphatic rings. The third-order valence-corrected chi connectivity index (χ3v) is 4.73. The van der Waals surface area contributed by atoms with Gasteiger partial charge in [0, 0.05) is 31.7 Å². The fourth-order valence-corrected chi connectivity index (χ4v) is 2.82. The number of benzene rings is 1. The molecule has 0 unspecified atom stereocenters. The number of likely N-dealkylation sites (N-methyl/N-ethyl adjacent to an activating group) is 1. The Morgan fingerprint density at radius 1 is 0.868 bits per heavy atom. The molecule has 0 fully saturated rings. The van der Waals surface area contributed by atoms with Gasteiger partial charge in [-0.2, -0.15) is 0 Å². The molecule has 1 aromatic rings. The lowest BCUT2D eigenvalue weighted by Crippen LogP contribution is -2.40. The normalized spacial score (nSPS) is 11.5. The molecule has 0 aromatic heterocycles. The van der Waals surface area contributed by atoms with Crippen molar-refractivity contribution in [2.45, 2.75) is 32.6 Å². The number of imide groups is 1. The molecule has 5 amide bonds. The van der Waals surface area contributed by atoms with Crippen molar-refractivity contribution in [3.8, 4) is 0 Å². The zero-order chi connectivity index (χ0) is 28.6. The SMILES string of the molecule is CNCC(=O)NCC(=O)NCCO.Cc1ccccc1.O=CCNC(=O)CCCCCN1C(=O)C=CC1=O. The van der Waals surface area contributed by atoms with Crippen LogP contribution in [0.2, 0.25) is 0 Å². The first kappa shape index (κ1) is 34.1. The predicted octanol–water partition coefficient (Wildman–Crippen LogP) is -0.788. The third-order valence-electron chi connectivity index (χ3n) is 4.73. The monoisotopic (exact) mass is 533 g/mol.